The molecule has 0 spiro atoms. The number of hydrogen-bond donors (Lipinski definition) is 2. The summed E-state index contributed by atoms with van der Waals surface area (Å²) in [6.07, 6.45) is 1.55. The van der Waals surface area contributed by atoms with Crippen molar-refractivity contribution in [1.82, 2.24) is 10.9 Å². The van der Waals surface area contributed by atoms with Crippen LogP contribution in [0.15, 0.2) is 0 Å². The molecule has 0 bridgehead atoms. The summed E-state index contributed by atoms with van der Waals surface area (Å²) in [5.41, 5.74) is 5.03. The molecule has 0 aromatic carbocycles. The van der Waals surface area contributed by atoms with E-state index in [-0.39, 0.29) is 0 Å². The Morgan fingerprint density at radius 3 is 2.73 bits per heavy atom. The topological polar surface area (TPSA) is 50.4 Å². The van der Waals surface area contributed by atoms with Crippen molar-refractivity contribution in [2.45, 2.75) is 26.7 Å². The highest BCUT2D eigenvalue weighted by atomic mass is 16.6. The molecule has 0 saturated carbocycles. The Kier molecular flexibility index (Phi) is 6.82. The summed E-state index contributed by atoms with van der Waals surface area (Å²) in [5.74, 6) is 0. The summed E-state index contributed by atoms with van der Waals surface area (Å²) < 4.78 is 4.77. The Labute approximate surface area is 67.3 Å². The van der Waals surface area contributed by atoms with Gasteiger partial charge in [0.1, 0.15) is 0 Å². The van der Waals surface area contributed by atoms with Gasteiger partial charge in [-0.1, -0.05) is 20.3 Å². The highest BCUT2D eigenvalue weighted by molar-refractivity contribution is 5.66. The zero-order valence-electron chi connectivity index (χ0n) is 7.14. The summed E-state index contributed by atoms with van der Waals surface area (Å²) >= 11 is 0. The zero-order valence-corrected chi connectivity index (χ0v) is 7.14. The third-order valence-corrected chi connectivity index (χ3v) is 1.10. The lowest BCUT2D eigenvalue weighted by atomic mass is 10.4. The van der Waals surface area contributed by atoms with Gasteiger partial charge in [0.2, 0.25) is 0 Å². The van der Waals surface area contributed by atoms with Crippen molar-refractivity contribution in [2.75, 3.05) is 13.2 Å². The molecule has 0 saturated heterocycles. The SMILES string of the molecule is CCCCOC(=O)NNCC. The lowest BCUT2D eigenvalue weighted by Gasteiger charge is -2.05. The smallest absolute Gasteiger partial charge is 0.421 e. The van der Waals surface area contributed by atoms with Gasteiger partial charge in [0.05, 0.1) is 6.61 Å². The van der Waals surface area contributed by atoms with E-state index in [1.807, 2.05) is 13.8 Å². The molecule has 0 aromatic heterocycles. The molecular weight excluding hydrogens is 144 g/mol. The first-order valence-electron chi connectivity index (χ1n) is 3.96. The van der Waals surface area contributed by atoms with Crippen LogP contribution in [0.3, 0.4) is 0 Å². The molecule has 0 aliphatic carbocycles. The number of hydrazine groups is 1. The molecule has 4 heteroatoms. The van der Waals surface area contributed by atoms with E-state index in [1.165, 1.54) is 0 Å². The van der Waals surface area contributed by atoms with Gasteiger partial charge in [0, 0.05) is 6.54 Å². The fourth-order valence-corrected chi connectivity index (χ4v) is 0.506. The molecule has 0 aliphatic heterocycles. The van der Waals surface area contributed by atoms with E-state index in [2.05, 4.69) is 10.9 Å². The van der Waals surface area contributed by atoms with Crippen LogP contribution in [0.25, 0.3) is 0 Å². The maximum absolute atomic E-state index is 10.7. The molecule has 4 nitrogen and oxygen atoms in total. The monoisotopic (exact) mass is 160 g/mol. The second-order valence-corrected chi connectivity index (χ2v) is 2.14. The quantitative estimate of drug-likeness (QED) is 0.466. The van der Waals surface area contributed by atoms with E-state index >= 15 is 0 Å². The predicted molar refractivity (Wildman–Crippen MR) is 43.1 cm³/mol. The highest BCUT2D eigenvalue weighted by Crippen LogP contribution is 1.87. The van der Waals surface area contributed by atoms with Crippen LogP contribution in [0.2, 0.25) is 0 Å². The highest BCUT2D eigenvalue weighted by Gasteiger charge is 1.97. The molecule has 0 radical (unpaired) electrons. The van der Waals surface area contributed by atoms with Gasteiger partial charge in [-0.2, -0.15) is 0 Å². The normalized spacial score (nSPS) is 9.27. The van der Waals surface area contributed by atoms with Gasteiger partial charge in [-0.15, -0.1) is 0 Å². The lowest BCUT2D eigenvalue weighted by Crippen LogP contribution is -2.37. The molecule has 0 aliphatic rings. The maximum atomic E-state index is 10.7. The van der Waals surface area contributed by atoms with Crippen LogP contribution >= 0.6 is 0 Å². The Balaban J connectivity index is 3.09. The summed E-state index contributed by atoms with van der Waals surface area (Å²) in [7, 11) is 0. The second-order valence-electron chi connectivity index (χ2n) is 2.14. The van der Waals surface area contributed by atoms with Crippen LogP contribution in [0.5, 0.6) is 0 Å². The zero-order chi connectivity index (χ0) is 8.53. The Morgan fingerprint density at radius 1 is 1.45 bits per heavy atom. The molecule has 2 N–H and O–H groups in total. The third kappa shape index (κ3) is 7.12. The number of carbonyl (C=O) groups excluding carboxylic acids is 1. The molecule has 0 unspecified atom stereocenters. The van der Waals surface area contributed by atoms with Gasteiger partial charge in [-0.3, -0.25) is 5.43 Å². The first-order valence-corrected chi connectivity index (χ1v) is 3.96. The number of hydrogen-bond acceptors (Lipinski definition) is 3. The lowest BCUT2D eigenvalue weighted by molar-refractivity contribution is 0.140. The van der Waals surface area contributed by atoms with Crippen molar-refractivity contribution in [3.8, 4) is 0 Å². The number of carbonyl (C=O) groups is 1. The summed E-state index contributed by atoms with van der Waals surface area (Å²) in [6, 6.07) is 0. The fraction of sp³-hybridized carbons (Fsp3) is 0.857. The van der Waals surface area contributed by atoms with Gasteiger partial charge < -0.3 is 4.74 Å². The first-order chi connectivity index (χ1) is 5.31. The van der Waals surface area contributed by atoms with E-state index in [0.29, 0.717) is 13.2 Å². The molecule has 1 amide bonds. The Bertz CT molecular complexity index is 107. The van der Waals surface area contributed by atoms with Crippen molar-refractivity contribution in [3.05, 3.63) is 0 Å². The summed E-state index contributed by atoms with van der Waals surface area (Å²) in [6.45, 7) is 5.13. The average molecular weight is 160 g/mol. The van der Waals surface area contributed by atoms with E-state index in [9.17, 15) is 4.79 Å². The standard InChI is InChI=1S/C7H16N2O2/c1-3-5-6-11-7(10)9-8-4-2/h8H,3-6H2,1-2H3,(H,9,10). The molecule has 0 aromatic rings. The van der Waals surface area contributed by atoms with Crippen molar-refractivity contribution in [1.29, 1.82) is 0 Å². The van der Waals surface area contributed by atoms with Gasteiger partial charge in [0.25, 0.3) is 0 Å². The van der Waals surface area contributed by atoms with Crippen LogP contribution in [0.4, 0.5) is 4.79 Å². The minimum Gasteiger partial charge on any atom is -0.449 e. The van der Waals surface area contributed by atoms with Gasteiger partial charge in [-0.25, -0.2) is 10.2 Å². The van der Waals surface area contributed by atoms with Crippen molar-refractivity contribution in [2.24, 2.45) is 0 Å². The van der Waals surface area contributed by atoms with Crippen LogP contribution in [0.1, 0.15) is 26.7 Å². The maximum Gasteiger partial charge on any atom is 0.421 e. The van der Waals surface area contributed by atoms with Crippen LogP contribution in [-0.4, -0.2) is 19.2 Å². The molecule has 0 atom stereocenters. The fourth-order valence-electron chi connectivity index (χ4n) is 0.506. The number of amides is 1. The number of unbranched alkanes of at least 4 members (excludes halogenated alkanes) is 1. The second kappa shape index (κ2) is 7.34. The van der Waals surface area contributed by atoms with E-state index < -0.39 is 6.09 Å². The van der Waals surface area contributed by atoms with Crippen molar-refractivity contribution in [3.63, 3.8) is 0 Å². The van der Waals surface area contributed by atoms with Crippen LogP contribution < -0.4 is 10.9 Å². The Hall–Kier alpha value is -0.770. The van der Waals surface area contributed by atoms with Crippen LogP contribution in [0, 0.1) is 0 Å². The van der Waals surface area contributed by atoms with E-state index in [0.717, 1.165) is 12.8 Å². The molecule has 11 heavy (non-hydrogen) atoms. The number of nitrogens with one attached hydrogen (secondary N) is 2. The Morgan fingerprint density at radius 2 is 2.18 bits per heavy atom. The van der Waals surface area contributed by atoms with Crippen LogP contribution in [-0.2, 0) is 4.74 Å². The number of ether oxygens (including phenoxy) is 1. The summed E-state index contributed by atoms with van der Waals surface area (Å²) in [5, 5.41) is 0. The van der Waals surface area contributed by atoms with Crippen molar-refractivity contribution >= 4 is 6.09 Å². The van der Waals surface area contributed by atoms with E-state index in [1.54, 1.807) is 0 Å². The van der Waals surface area contributed by atoms with Gasteiger partial charge >= 0.3 is 6.09 Å². The molecular formula is C7H16N2O2. The largest absolute Gasteiger partial charge is 0.449 e. The minimum absolute atomic E-state index is 0.403. The average Bonchev–Trinajstić information content (AvgIpc) is 2.01. The predicted octanol–water partition coefficient (Wildman–Crippen LogP) is 1.04. The molecule has 0 fully saturated rings. The first kappa shape index (κ1) is 10.2. The molecule has 66 valence electrons. The number of rotatable bonds is 5. The van der Waals surface area contributed by atoms with Crippen molar-refractivity contribution < 1.29 is 9.53 Å². The van der Waals surface area contributed by atoms with Gasteiger partial charge in [0.15, 0.2) is 0 Å². The van der Waals surface area contributed by atoms with Gasteiger partial charge in [-0.05, 0) is 6.42 Å². The molecule has 0 heterocycles. The summed E-state index contributed by atoms with van der Waals surface area (Å²) in [4.78, 5) is 10.7. The minimum atomic E-state index is -0.403. The van der Waals surface area contributed by atoms with E-state index in [4.69, 9.17) is 4.74 Å². The third-order valence-electron chi connectivity index (χ3n) is 1.10. The molecule has 0 rings (SSSR count).